The van der Waals surface area contributed by atoms with Crippen molar-refractivity contribution in [2.24, 2.45) is 7.05 Å². The Morgan fingerprint density at radius 3 is 2.84 bits per heavy atom. The van der Waals surface area contributed by atoms with Crippen molar-refractivity contribution >= 4 is 11.8 Å². The summed E-state index contributed by atoms with van der Waals surface area (Å²) in [6.45, 7) is 3.97. The molecule has 2 aliphatic rings. The maximum atomic E-state index is 5.70. The number of thioether (sulfide) groups is 1. The molecule has 6 nitrogen and oxygen atoms in total. The Bertz CT molecular complexity index is 659. The molecule has 0 unspecified atom stereocenters. The van der Waals surface area contributed by atoms with Gasteiger partial charge in [0.05, 0.1) is 18.9 Å². The van der Waals surface area contributed by atoms with E-state index < -0.39 is 0 Å². The molecule has 4 rings (SSSR count). The molecule has 0 radical (unpaired) electrons. The average molecular weight is 362 g/mol. The zero-order valence-electron chi connectivity index (χ0n) is 14.8. The van der Waals surface area contributed by atoms with E-state index in [1.165, 1.54) is 12.8 Å². The first kappa shape index (κ1) is 17.1. The lowest BCUT2D eigenvalue weighted by molar-refractivity contribution is 0.129. The van der Waals surface area contributed by atoms with Gasteiger partial charge in [-0.25, -0.2) is 0 Å². The second-order valence-corrected chi connectivity index (χ2v) is 7.96. The average Bonchev–Trinajstić information content (AvgIpc) is 3.37. The van der Waals surface area contributed by atoms with Crippen LogP contribution in [0.1, 0.15) is 43.2 Å². The van der Waals surface area contributed by atoms with E-state index in [1.54, 1.807) is 18.0 Å². The van der Waals surface area contributed by atoms with Crippen LogP contribution in [0.15, 0.2) is 28.0 Å². The first-order valence-corrected chi connectivity index (χ1v) is 10.2. The van der Waals surface area contributed by atoms with Crippen LogP contribution in [0.3, 0.4) is 0 Å². The molecule has 1 atom stereocenters. The number of likely N-dealkylation sites (tertiary alicyclic amines) is 1. The number of furan rings is 1. The Labute approximate surface area is 152 Å². The van der Waals surface area contributed by atoms with E-state index >= 15 is 0 Å². The largest absolute Gasteiger partial charge is 0.468 e. The first-order valence-electron chi connectivity index (χ1n) is 9.18. The smallest absolute Gasteiger partial charge is 0.191 e. The fraction of sp³-hybridized carbons (Fsp3) is 0.667. The molecule has 0 aromatic carbocycles. The fourth-order valence-corrected chi connectivity index (χ4v) is 4.71. The van der Waals surface area contributed by atoms with Crippen LogP contribution in [-0.4, -0.2) is 51.2 Å². The zero-order valence-corrected chi connectivity index (χ0v) is 15.6. The van der Waals surface area contributed by atoms with Gasteiger partial charge in [-0.05, 0) is 50.9 Å². The topological polar surface area (TPSA) is 56.3 Å². The molecule has 7 heteroatoms. The fourth-order valence-electron chi connectivity index (χ4n) is 3.72. The van der Waals surface area contributed by atoms with Crippen LogP contribution in [0.5, 0.6) is 0 Å². The molecule has 2 aromatic heterocycles. The molecule has 0 bridgehead atoms. The van der Waals surface area contributed by atoms with Gasteiger partial charge in [0.25, 0.3) is 0 Å². The van der Waals surface area contributed by atoms with Crippen molar-refractivity contribution in [3.8, 4) is 0 Å². The van der Waals surface area contributed by atoms with E-state index in [9.17, 15) is 0 Å². The zero-order chi connectivity index (χ0) is 17.1. The molecule has 0 spiro atoms. The molecule has 0 aliphatic carbocycles. The summed E-state index contributed by atoms with van der Waals surface area (Å²) in [6, 6.07) is 4.00. The highest BCUT2D eigenvalue weighted by molar-refractivity contribution is 7.99. The van der Waals surface area contributed by atoms with E-state index in [2.05, 4.69) is 26.7 Å². The summed E-state index contributed by atoms with van der Waals surface area (Å²) in [5, 5.41) is 9.94. The minimum atomic E-state index is 0.384. The SMILES string of the molecule is Cn1c(SC[C@H]2CCCO2)nnc1C1CCN(Cc2ccco2)CC1. The highest BCUT2D eigenvalue weighted by atomic mass is 32.2. The summed E-state index contributed by atoms with van der Waals surface area (Å²) in [5.74, 6) is 3.66. The number of hydrogen-bond acceptors (Lipinski definition) is 6. The summed E-state index contributed by atoms with van der Waals surface area (Å²) in [6.07, 6.45) is 6.75. The predicted octanol–water partition coefficient (Wildman–Crippen LogP) is 3.06. The van der Waals surface area contributed by atoms with E-state index in [4.69, 9.17) is 9.15 Å². The lowest BCUT2D eigenvalue weighted by Crippen LogP contribution is -2.33. The molecule has 0 amide bonds. The Hall–Kier alpha value is -1.31. The van der Waals surface area contributed by atoms with E-state index in [-0.39, 0.29) is 0 Å². The number of nitrogens with zero attached hydrogens (tertiary/aromatic N) is 4. The maximum Gasteiger partial charge on any atom is 0.191 e. The molecular weight excluding hydrogens is 336 g/mol. The number of rotatable bonds is 6. The number of ether oxygens (including phenoxy) is 1. The van der Waals surface area contributed by atoms with Gasteiger partial charge in [-0.2, -0.15) is 0 Å². The highest BCUT2D eigenvalue weighted by Gasteiger charge is 2.26. The third-order valence-electron chi connectivity index (χ3n) is 5.20. The van der Waals surface area contributed by atoms with Crippen LogP contribution in [0.4, 0.5) is 0 Å². The monoisotopic (exact) mass is 362 g/mol. The second kappa shape index (κ2) is 7.93. The maximum absolute atomic E-state index is 5.70. The van der Waals surface area contributed by atoms with E-state index in [0.717, 1.165) is 61.6 Å². The minimum absolute atomic E-state index is 0.384. The standard InChI is InChI=1S/C18H26N4O2S/c1-21-17(19-20-18(21)25-13-16-5-3-11-24-16)14-6-8-22(9-7-14)12-15-4-2-10-23-15/h2,4,10,14,16H,3,5-9,11-13H2,1H3/t16-/m1/s1. The Kier molecular flexibility index (Phi) is 5.43. The molecule has 2 aliphatic heterocycles. The Morgan fingerprint density at radius 2 is 2.12 bits per heavy atom. The van der Waals surface area contributed by atoms with Crippen molar-refractivity contribution in [1.82, 2.24) is 19.7 Å². The normalized spacial score (nSPS) is 22.7. The summed E-state index contributed by atoms with van der Waals surface area (Å²) >= 11 is 1.77. The Balaban J connectivity index is 1.30. The third-order valence-corrected chi connectivity index (χ3v) is 6.36. The van der Waals surface area contributed by atoms with E-state index in [1.807, 2.05) is 12.1 Å². The number of piperidine rings is 1. The van der Waals surface area contributed by atoms with Gasteiger partial charge in [-0.3, -0.25) is 4.90 Å². The lowest BCUT2D eigenvalue weighted by atomic mass is 9.96. The second-order valence-electron chi connectivity index (χ2n) is 6.98. The van der Waals surface area contributed by atoms with Gasteiger partial charge in [0.2, 0.25) is 0 Å². The first-order chi connectivity index (χ1) is 12.3. The highest BCUT2D eigenvalue weighted by Crippen LogP contribution is 2.30. The third kappa shape index (κ3) is 4.10. The van der Waals surface area contributed by atoms with Gasteiger partial charge in [0.15, 0.2) is 5.16 Å². The van der Waals surface area contributed by atoms with Crippen LogP contribution < -0.4 is 0 Å². The molecule has 0 saturated carbocycles. The van der Waals surface area contributed by atoms with Gasteiger partial charge < -0.3 is 13.7 Å². The number of hydrogen-bond donors (Lipinski definition) is 0. The van der Waals surface area contributed by atoms with Gasteiger partial charge >= 0.3 is 0 Å². The van der Waals surface area contributed by atoms with Crippen molar-refractivity contribution in [2.45, 2.75) is 49.4 Å². The molecule has 2 fully saturated rings. The summed E-state index contributed by atoms with van der Waals surface area (Å²) in [7, 11) is 2.10. The summed E-state index contributed by atoms with van der Waals surface area (Å²) < 4.78 is 13.3. The minimum Gasteiger partial charge on any atom is -0.468 e. The van der Waals surface area contributed by atoms with Gasteiger partial charge in [-0.15, -0.1) is 10.2 Å². The Morgan fingerprint density at radius 1 is 1.24 bits per heavy atom. The molecule has 2 aromatic rings. The molecule has 25 heavy (non-hydrogen) atoms. The summed E-state index contributed by atoms with van der Waals surface area (Å²) in [5.41, 5.74) is 0. The van der Waals surface area contributed by atoms with Crippen LogP contribution in [0.2, 0.25) is 0 Å². The molecule has 0 N–H and O–H groups in total. The van der Waals surface area contributed by atoms with Crippen LogP contribution >= 0.6 is 11.8 Å². The van der Waals surface area contributed by atoms with Crippen LogP contribution in [0.25, 0.3) is 0 Å². The van der Waals surface area contributed by atoms with Crippen LogP contribution in [-0.2, 0) is 18.3 Å². The van der Waals surface area contributed by atoms with Crippen molar-refractivity contribution in [3.05, 3.63) is 30.0 Å². The van der Waals surface area contributed by atoms with Crippen molar-refractivity contribution < 1.29 is 9.15 Å². The lowest BCUT2D eigenvalue weighted by Gasteiger charge is -2.30. The van der Waals surface area contributed by atoms with Gasteiger partial charge in [-0.1, -0.05) is 11.8 Å². The predicted molar refractivity (Wildman–Crippen MR) is 96.7 cm³/mol. The molecule has 4 heterocycles. The quantitative estimate of drug-likeness (QED) is 0.736. The van der Waals surface area contributed by atoms with Crippen LogP contribution in [0, 0.1) is 0 Å². The summed E-state index contributed by atoms with van der Waals surface area (Å²) in [4.78, 5) is 2.46. The van der Waals surface area contributed by atoms with Gasteiger partial charge in [0.1, 0.15) is 11.6 Å². The molecular formula is C18H26N4O2S. The number of aromatic nitrogens is 3. The van der Waals surface area contributed by atoms with Gasteiger partial charge in [0, 0.05) is 25.3 Å². The van der Waals surface area contributed by atoms with Crippen molar-refractivity contribution in [3.63, 3.8) is 0 Å². The van der Waals surface area contributed by atoms with E-state index in [0.29, 0.717) is 12.0 Å². The molecule has 136 valence electrons. The van der Waals surface area contributed by atoms with Crippen molar-refractivity contribution in [2.75, 3.05) is 25.4 Å². The molecule has 2 saturated heterocycles. The van der Waals surface area contributed by atoms with Crippen molar-refractivity contribution in [1.29, 1.82) is 0 Å².